The van der Waals surface area contributed by atoms with Crippen LogP contribution in [0, 0.1) is 5.82 Å². The Kier molecular flexibility index (Phi) is 4.47. The molecular weight excluding hydrogens is 304 g/mol. The third-order valence-electron chi connectivity index (χ3n) is 2.58. The Balaban J connectivity index is 2.10. The van der Waals surface area contributed by atoms with Gasteiger partial charge in [-0.2, -0.15) is 0 Å². The fourth-order valence-electron chi connectivity index (χ4n) is 1.56. The number of carbonyl (C=O) groups is 1. The second-order valence-corrected chi connectivity index (χ2v) is 4.89. The molecule has 2 rings (SSSR count). The van der Waals surface area contributed by atoms with E-state index in [9.17, 15) is 9.18 Å². The average molecular weight is 314 g/mol. The van der Waals surface area contributed by atoms with Gasteiger partial charge in [-0.05, 0) is 30.3 Å². The van der Waals surface area contributed by atoms with Crippen molar-refractivity contribution in [1.29, 1.82) is 0 Å². The number of anilines is 1. The summed E-state index contributed by atoms with van der Waals surface area (Å²) in [5, 5.41) is 0.497. The minimum atomic E-state index is -0.670. The zero-order valence-electron chi connectivity index (χ0n) is 10.2. The summed E-state index contributed by atoms with van der Waals surface area (Å²) in [5.74, 6) is -1.21. The van der Waals surface area contributed by atoms with Crippen molar-refractivity contribution in [3.8, 4) is 0 Å². The number of hydrogen-bond donors (Lipinski definition) is 1. The highest BCUT2D eigenvalue weighted by Crippen LogP contribution is 2.21. The van der Waals surface area contributed by atoms with Crippen LogP contribution in [0.25, 0.3) is 0 Å². The lowest BCUT2D eigenvalue weighted by molar-refractivity contribution is 0.0469. The maximum atomic E-state index is 13.5. The molecule has 0 amide bonds. The Hall–Kier alpha value is -1.78. The van der Waals surface area contributed by atoms with Crippen LogP contribution in [-0.2, 0) is 11.3 Å². The van der Waals surface area contributed by atoms with E-state index in [1.807, 2.05) is 0 Å². The molecular formula is C14H10Cl2FNO2. The van der Waals surface area contributed by atoms with Crippen LogP contribution in [0.2, 0.25) is 10.0 Å². The van der Waals surface area contributed by atoms with Crippen molar-refractivity contribution in [1.82, 2.24) is 0 Å². The Morgan fingerprint density at radius 2 is 1.95 bits per heavy atom. The van der Waals surface area contributed by atoms with Crippen LogP contribution in [0.3, 0.4) is 0 Å². The molecule has 104 valence electrons. The van der Waals surface area contributed by atoms with Gasteiger partial charge in [0.15, 0.2) is 0 Å². The molecule has 0 heterocycles. The van der Waals surface area contributed by atoms with Gasteiger partial charge in [0.05, 0.1) is 10.6 Å². The molecule has 6 heteroatoms. The number of carbonyl (C=O) groups excluding carboxylic acids is 1. The minimum Gasteiger partial charge on any atom is -0.457 e. The second-order valence-electron chi connectivity index (χ2n) is 4.05. The lowest BCUT2D eigenvalue weighted by Gasteiger charge is -2.08. The molecule has 2 aromatic carbocycles. The van der Waals surface area contributed by atoms with E-state index < -0.39 is 11.8 Å². The van der Waals surface area contributed by atoms with Crippen molar-refractivity contribution in [3.05, 3.63) is 63.4 Å². The largest absolute Gasteiger partial charge is 0.457 e. The third kappa shape index (κ3) is 3.40. The highest BCUT2D eigenvalue weighted by atomic mass is 35.5. The van der Waals surface area contributed by atoms with Gasteiger partial charge in [-0.3, -0.25) is 0 Å². The molecule has 0 unspecified atom stereocenters. The summed E-state index contributed by atoms with van der Waals surface area (Å²) in [7, 11) is 0. The summed E-state index contributed by atoms with van der Waals surface area (Å²) >= 11 is 11.5. The highest BCUT2D eigenvalue weighted by Gasteiger charge is 2.13. The van der Waals surface area contributed by atoms with Gasteiger partial charge in [-0.1, -0.05) is 29.3 Å². The molecule has 0 saturated carbocycles. The van der Waals surface area contributed by atoms with E-state index in [1.54, 1.807) is 6.07 Å². The zero-order valence-corrected chi connectivity index (χ0v) is 11.7. The number of rotatable bonds is 3. The van der Waals surface area contributed by atoms with Crippen LogP contribution >= 0.6 is 23.2 Å². The third-order valence-corrected chi connectivity index (χ3v) is 3.15. The number of halogens is 3. The molecule has 0 aliphatic heterocycles. The number of nitrogen functional groups attached to an aromatic ring is 1. The SMILES string of the molecule is Nc1ccc(Cl)c(C(=O)OCc2ccc(Cl)cc2F)c1. The lowest BCUT2D eigenvalue weighted by atomic mass is 10.2. The summed E-state index contributed by atoms with van der Waals surface area (Å²) in [6.07, 6.45) is 0. The molecule has 3 nitrogen and oxygen atoms in total. The standard InChI is InChI=1S/C14H10Cl2FNO2/c15-9-2-1-8(13(17)5-9)7-20-14(19)11-6-10(18)3-4-12(11)16/h1-6H,7,18H2. The number of esters is 1. The lowest BCUT2D eigenvalue weighted by Crippen LogP contribution is -2.07. The highest BCUT2D eigenvalue weighted by molar-refractivity contribution is 6.33. The summed E-state index contributed by atoms with van der Waals surface area (Å²) in [6.45, 7) is -0.215. The van der Waals surface area contributed by atoms with Crippen LogP contribution in [0.4, 0.5) is 10.1 Å². The summed E-state index contributed by atoms with van der Waals surface area (Å²) in [5.41, 5.74) is 6.32. The Labute approximate surface area is 125 Å². The number of benzene rings is 2. The van der Waals surface area contributed by atoms with Gasteiger partial charge in [0.1, 0.15) is 12.4 Å². The maximum Gasteiger partial charge on any atom is 0.340 e. The molecule has 0 spiro atoms. The van der Waals surface area contributed by atoms with E-state index in [4.69, 9.17) is 33.7 Å². The van der Waals surface area contributed by atoms with E-state index in [-0.39, 0.29) is 27.8 Å². The van der Waals surface area contributed by atoms with Gasteiger partial charge < -0.3 is 10.5 Å². The van der Waals surface area contributed by atoms with E-state index in [1.165, 1.54) is 24.3 Å². The molecule has 0 fully saturated rings. The van der Waals surface area contributed by atoms with Crippen molar-refractivity contribution in [2.24, 2.45) is 0 Å². The Morgan fingerprint density at radius 3 is 2.65 bits per heavy atom. The van der Waals surface area contributed by atoms with Gasteiger partial charge in [-0.25, -0.2) is 9.18 Å². The molecule has 2 aromatic rings. The van der Waals surface area contributed by atoms with Crippen molar-refractivity contribution >= 4 is 34.9 Å². The van der Waals surface area contributed by atoms with Crippen molar-refractivity contribution in [2.45, 2.75) is 6.61 Å². The molecule has 2 N–H and O–H groups in total. The second kappa shape index (κ2) is 6.11. The molecule has 20 heavy (non-hydrogen) atoms. The van der Waals surface area contributed by atoms with Crippen molar-refractivity contribution < 1.29 is 13.9 Å². The van der Waals surface area contributed by atoms with Gasteiger partial charge in [-0.15, -0.1) is 0 Å². The van der Waals surface area contributed by atoms with Gasteiger partial charge in [0.25, 0.3) is 0 Å². The van der Waals surface area contributed by atoms with Crippen LogP contribution in [0.1, 0.15) is 15.9 Å². The molecule has 0 radical (unpaired) electrons. The molecule has 0 aliphatic carbocycles. The summed E-state index contributed by atoms with van der Waals surface area (Å²) < 4.78 is 18.5. The fraction of sp³-hybridized carbons (Fsp3) is 0.0714. The molecule has 0 bridgehead atoms. The number of nitrogens with two attached hydrogens (primary N) is 1. The molecule has 0 atom stereocenters. The smallest absolute Gasteiger partial charge is 0.340 e. The first kappa shape index (κ1) is 14.6. The van der Waals surface area contributed by atoms with Gasteiger partial charge >= 0.3 is 5.97 Å². The minimum absolute atomic E-state index is 0.140. The van der Waals surface area contributed by atoms with E-state index in [0.29, 0.717) is 5.69 Å². The molecule has 0 aromatic heterocycles. The van der Waals surface area contributed by atoms with Crippen molar-refractivity contribution in [2.75, 3.05) is 5.73 Å². The normalized spacial score (nSPS) is 10.3. The number of hydrogen-bond acceptors (Lipinski definition) is 3. The topological polar surface area (TPSA) is 52.3 Å². The molecule has 0 saturated heterocycles. The predicted octanol–water partition coefficient (Wildman–Crippen LogP) is 4.07. The first-order chi connectivity index (χ1) is 9.47. The maximum absolute atomic E-state index is 13.5. The quantitative estimate of drug-likeness (QED) is 0.686. The average Bonchev–Trinajstić information content (AvgIpc) is 2.40. The summed E-state index contributed by atoms with van der Waals surface area (Å²) in [6, 6.07) is 8.59. The van der Waals surface area contributed by atoms with Crippen LogP contribution < -0.4 is 5.73 Å². The molecule has 0 aliphatic rings. The predicted molar refractivity (Wildman–Crippen MR) is 76.4 cm³/mol. The monoisotopic (exact) mass is 313 g/mol. The van der Waals surface area contributed by atoms with E-state index in [0.717, 1.165) is 6.07 Å². The first-order valence-corrected chi connectivity index (χ1v) is 6.39. The zero-order chi connectivity index (χ0) is 14.7. The van der Waals surface area contributed by atoms with Crippen molar-refractivity contribution in [3.63, 3.8) is 0 Å². The van der Waals surface area contributed by atoms with Crippen LogP contribution in [-0.4, -0.2) is 5.97 Å². The summed E-state index contributed by atoms with van der Waals surface area (Å²) in [4.78, 5) is 11.9. The van der Waals surface area contributed by atoms with Gasteiger partial charge in [0, 0.05) is 16.3 Å². The Bertz CT molecular complexity index is 662. The number of ether oxygens (including phenoxy) is 1. The van der Waals surface area contributed by atoms with E-state index in [2.05, 4.69) is 0 Å². The van der Waals surface area contributed by atoms with Gasteiger partial charge in [0.2, 0.25) is 0 Å². The first-order valence-electron chi connectivity index (χ1n) is 5.63. The fourth-order valence-corrected chi connectivity index (χ4v) is 1.91. The Morgan fingerprint density at radius 1 is 1.20 bits per heavy atom. The van der Waals surface area contributed by atoms with E-state index >= 15 is 0 Å². The van der Waals surface area contributed by atoms with Crippen LogP contribution in [0.5, 0.6) is 0 Å². The van der Waals surface area contributed by atoms with Crippen LogP contribution in [0.15, 0.2) is 36.4 Å².